The molecule has 0 aromatic heterocycles. The second kappa shape index (κ2) is 12.8. The molecule has 8 nitrogen and oxygen atoms in total. The predicted octanol–water partition coefficient (Wildman–Crippen LogP) is 6.89. The molecule has 2 aliphatic carbocycles. The fourth-order valence-electron chi connectivity index (χ4n) is 6.85. The first kappa shape index (κ1) is 31.0. The predicted molar refractivity (Wildman–Crippen MR) is 172 cm³/mol. The normalized spacial score (nSPS) is 21.1. The van der Waals surface area contributed by atoms with Gasteiger partial charge in [0.15, 0.2) is 5.78 Å². The van der Waals surface area contributed by atoms with E-state index in [9.17, 15) is 19.5 Å². The summed E-state index contributed by atoms with van der Waals surface area (Å²) in [5.41, 5.74) is 3.35. The first-order valence-electron chi connectivity index (χ1n) is 15.8. The molecule has 0 saturated carbocycles. The summed E-state index contributed by atoms with van der Waals surface area (Å²) < 4.78 is 6.03. The number of nitrogens with zero attached hydrogens (tertiary/aromatic N) is 2. The van der Waals surface area contributed by atoms with Crippen molar-refractivity contribution < 1.29 is 24.2 Å². The molecular weight excluding hydrogens is 590 g/mol. The smallest absolute Gasteiger partial charge is 0.228 e. The third kappa shape index (κ3) is 6.52. The quantitative estimate of drug-likeness (QED) is 0.346. The largest absolute Gasteiger partial charge is 0.510 e. The van der Waals surface area contributed by atoms with Crippen LogP contribution in [0.4, 0.5) is 0 Å². The molecular formula is C36H40ClN3O5. The first-order valence-corrected chi connectivity index (χ1v) is 16.2. The number of halogens is 1. The van der Waals surface area contributed by atoms with E-state index in [-0.39, 0.29) is 41.6 Å². The van der Waals surface area contributed by atoms with Crippen LogP contribution in [-0.2, 0) is 21.0 Å². The Hall–Kier alpha value is -4.04. The molecule has 6 rings (SSSR count). The van der Waals surface area contributed by atoms with E-state index < -0.39 is 6.04 Å². The molecule has 4 aliphatic rings. The van der Waals surface area contributed by atoms with Gasteiger partial charge in [0.2, 0.25) is 11.8 Å². The van der Waals surface area contributed by atoms with Crippen LogP contribution in [0.15, 0.2) is 83.0 Å². The number of carbonyl (C=O) groups excluding carboxylic acids is 3. The second-order valence-corrected chi connectivity index (χ2v) is 13.5. The highest BCUT2D eigenvalue weighted by molar-refractivity contribution is 6.31. The molecule has 1 saturated heterocycles. The molecule has 0 spiro atoms. The highest BCUT2D eigenvalue weighted by Gasteiger charge is 2.45. The zero-order valence-electron chi connectivity index (χ0n) is 25.9. The minimum atomic E-state index is -0.851. The number of ketones is 1. The molecule has 2 amide bonds. The number of likely N-dealkylation sites (tertiary alicyclic amines) is 1. The van der Waals surface area contributed by atoms with E-state index in [1.165, 1.54) is 0 Å². The fourth-order valence-corrected chi connectivity index (χ4v) is 7.12. The number of Topliss-reactive ketones (excluding diaryl/α,β-unsaturated/α-hetero) is 1. The van der Waals surface area contributed by atoms with Gasteiger partial charge in [0, 0.05) is 55.1 Å². The molecule has 45 heavy (non-hydrogen) atoms. The maximum atomic E-state index is 14.3. The molecule has 2 N–H and O–H groups in total. The van der Waals surface area contributed by atoms with E-state index in [4.69, 9.17) is 16.3 Å². The SMILES string of the molecule is CC1(C)CC(=O)C2=C(C1)NC1=C(O)CCC=C1N(C(=O)CCC(=O)N1CCCC1)C2c1ccc(OCc2ccccc2)cc1Cl. The Kier molecular flexibility index (Phi) is 8.78. The van der Waals surface area contributed by atoms with Crippen LogP contribution in [0, 0.1) is 5.41 Å². The highest BCUT2D eigenvalue weighted by Crippen LogP contribution is 2.49. The van der Waals surface area contributed by atoms with Crippen molar-refractivity contribution in [2.75, 3.05) is 13.1 Å². The Morgan fingerprint density at radius 2 is 1.78 bits per heavy atom. The van der Waals surface area contributed by atoms with Crippen LogP contribution in [0.1, 0.15) is 82.4 Å². The maximum absolute atomic E-state index is 14.3. The van der Waals surface area contributed by atoms with Gasteiger partial charge in [-0.05, 0) is 54.4 Å². The van der Waals surface area contributed by atoms with Crippen LogP contribution in [0.25, 0.3) is 0 Å². The number of hydrogen-bond acceptors (Lipinski definition) is 6. The lowest BCUT2D eigenvalue weighted by molar-refractivity contribution is -0.136. The van der Waals surface area contributed by atoms with Crippen LogP contribution in [0.2, 0.25) is 5.02 Å². The lowest BCUT2D eigenvalue weighted by atomic mass is 9.73. The van der Waals surface area contributed by atoms with Crippen LogP contribution in [0.5, 0.6) is 5.75 Å². The summed E-state index contributed by atoms with van der Waals surface area (Å²) in [5, 5.41) is 14.9. The number of carbonyl (C=O) groups is 3. The Morgan fingerprint density at radius 3 is 2.51 bits per heavy atom. The minimum absolute atomic E-state index is 0.0323. The van der Waals surface area contributed by atoms with Crippen molar-refractivity contribution in [2.45, 2.75) is 77.9 Å². The van der Waals surface area contributed by atoms with Crippen LogP contribution in [0.3, 0.4) is 0 Å². The lowest BCUT2D eigenvalue weighted by Crippen LogP contribution is -2.39. The van der Waals surface area contributed by atoms with E-state index in [1.54, 1.807) is 11.0 Å². The number of ether oxygens (including phenoxy) is 1. The minimum Gasteiger partial charge on any atom is -0.510 e. The van der Waals surface area contributed by atoms with Crippen molar-refractivity contribution in [3.8, 4) is 5.75 Å². The Balaban J connectivity index is 1.41. The second-order valence-electron chi connectivity index (χ2n) is 13.1. The maximum Gasteiger partial charge on any atom is 0.228 e. The Morgan fingerprint density at radius 1 is 1.04 bits per heavy atom. The first-order chi connectivity index (χ1) is 21.6. The van der Waals surface area contributed by atoms with Crippen LogP contribution in [-0.4, -0.2) is 45.6 Å². The average Bonchev–Trinajstić information content (AvgIpc) is 3.50. The highest BCUT2D eigenvalue weighted by atomic mass is 35.5. The molecule has 2 aromatic carbocycles. The van der Waals surface area contributed by atoms with Crippen molar-refractivity contribution in [3.63, 3.8) is 0 Å². The van der Waals surface area contributed by atoms with E-state index in [0.717, 1.165) is 18.4 Å². The molecule has 0 bridgehead atoms. The molecule has 1 unspecified atom stereocenters. The van der Waals surface area contributed by atoms with Gasteiger partial charge in [-0.1, -0.05) is 67.9 Å². The van der Waals surface area contributed by atoms with Gasteiger partial charge in [-0.15, -0.1) is 0 Å². The number of fused-ring (bicyclic) bond motifs is 1. The number of rotatable bonds is 7. The molecule has 2 aromatic rings. The van der Waals surface area contributed by atoms with Gasteiger partial charge in [0.25, 0.3) is 0 Å². The topological polar surface area (TPSA) is 99.2 Å². The van der Waals surface area contributed by atoms with Gasteiger partial charge in [0.05, 0.1) is 11.7 Å². The average molecular weight is 630 g/mol. The molecule has 1 atom stereocenters. The number of allylic oxidation sites excluding steroid dienone is 3. The third-order valence-corrected chi connectivity index (χ3v) is 9.37. The summed E-state index contributed by atoms with van der Waals surface area (Å²) in [4.78, 5) is 44.8. The standard InChI is InChI=1S/C36H40ClN3O5/c1-36(2)20-27-33(30(42)21-36)35(25-14-13-24(19-26(25)37)45-22-23-9-4-3-5-10-23)40(28-11-8-12-29(41)34(28)38-27)32(44)16-15-31(43)39-17-6-7-18-39/h3-5,9-11,13-14,19,35,38,41H,6-8,12,15-18,20-22H2,1-2H3. The molecule has 2 heterocycles. The van der Waals surface area contributed by atoms with Crippen LogP contribution < -0.4 is 10.1 Å². The van der Waals surface area contributed by atoms with Crippen molar-refractivity contribution >= 4 is 29.2 Å². The zero-order valence-corrected chi connectivity index (χ0v) is 26.7. The van der Waals surface area contributed by atoms with E-state index in [2.05, 4.69) is 5.32 Å². The molecule has 1 fully saturated rings. The summed E-state index contributed by atoms with van der Waals surface area (Å²) in [6.07, 6.45) is 5.71. The van der Waals surface area contributed by atoms with Gasteiger partial charge >= 0.3 is 0 Å². The molecule has 9 heteroatoms. The summed E-state index contributed by atoms with van der Waals surface area (Å²) >= 11 is 7.01. The third-order valence-electron chi connectivity index (χ3n) is 9.05. The van der Waals surface area contributed by atoms with E-state index in [1.807, 2.05) is 67.3 Å². The number of amides is 2. The Bertz CT molecular complexity index is 1600. The van der Waals surface area contributed by atoms with Crippen molar-refractivity contribution in [2.24, 2.45) is 5.41 Å². The van der Waals surface area contributed by atoms with Crippen LogP contribution >= 0.6 is 11.6 Å². The Labute approximate surface area is 269 Å². The lowest BCUT2D eigenvalue weighted by Gasteiger charge is -2.37. The van der Waals surface area contributed by atoms with Gasteiger partial charge in [-0.2, -0.15) is 0 Å². The number of aliphatic hydroxyl groups excluding tert-OH is 1. The number of nitrogens with one attached hydrogen (secondary N) is 1. The summed E-state index contributed by atoms with van der Waals surface area (Å²) in [7, 11) is 0. The van der Waals surface area contributed by atoms with Crippen molar-refractivity contribution in [3.05, 3.63) is 99.2 Å². The van der Waals surface area contributed by atoms with Gasteiger partial charge in [-0.25, -0.2) is 0 Å². The molecule has 0 radical (unpaired) electrons. The number of hydrogen-bond donors (Lipinski definition) is 2. The van der Waals surface area contributed by atoms with E-state index >= 15 is 0 Å². The summed E-state index contributed by atoms with van der Waals surface area (Å²) in [6, 6.07) is 14.3. The van der Waals surface area contributed by atoms with E-state index in [0.29, 0.717) is 84.4 Å². The monoisotopic (exact) mass is 629 g/mol. The summed E-state index contributed by atoms with van der Waals surface area (Å²) in [6.45, 7) is 5.87. The zero-order chi connectivity index (χ0) is 31.7. The number of benzene rings is 2. The fraction of sp³-hybridized carbons (Fsp3) is 0.417. The van der Waals surface area contributed by atoms with Gasteiger partial charge in [-0.3, -0.25) is 19.3 Å². The molecule has 2 aliphatic heterocycles. The van der Waals surface area contributed by atoms with Gasteiger partial charge < -0.3 is 20.1 Å². The summed E-state index contributed by atoms with van der Waals surface area (Å²) in [5.74, 6) is 0.269. The van der Waals surface area contributed by atoms with Gasteiger partial charge in [0.1, 0.15) is 23.8 Å². The van der Waals surface area contributed by atoms with Crippen molar-refractivity contribution in [1.82, 2.24) is 15.1 Å². The van der Waals surface area contributed by atoms with Crippen molar-refractivity contribution in [1.29, 1.82) is 0 Å². The molecule has 236 valence electrons. The number of aliphatic hydroxyl groups is 1.